The number of fused-ring (bicyclic) bond motifs is 1. The van der Waals surface area contributed by atoms with Gasteiger partial charge in [-0.2, -0.15) is 0 Å². The van der Waals surface area contributed by atoms with E-state index >= 15 is 0 Å². The van der Waals surface area contributed by atoms with E-state index < -0.39 is 0 Å². The molecule has 0 aliphatic heterocycles. The molecule has 0 saturated carbocycles. The van der Waals surface area contributed by atoms with E-state index in [0.29, 0.717) is 0 Å². The van der Waals surface area contributed by atoms with Crippen LogP contribution in [0.15, 0.2) is 18.2 Å². The Bertz CT molecular complexity index is 512. The van der Waals surface area contributed by atoms with E-state index in [-0.39, 0.29) is 5.41 Å². The molecule has 0 saturated heterocycles. The molecule has 0 amide bonds. The van der Waals surface area contributed by atoms with Crippen molar-refractivity contribution in [2.45, 2.75) is 46.5 Å². The van der Waals surface area contributed by atoms with Gasteiger partial charge in [0, 0.05) is 22.0 Å². The van der Waals surface area contributed by atoms with Gasteiger partial charge in [-0.3, -0.25) is 0 Å². The zero-order valence-corrected chi connectivity index (χ0v) is 10.9. The number of rotatable bonds is 1. The van der Waals surface area contributed by atoms with Gasteiger partial charge in [0.2, 0.25) is 0 Å². The highest BCUT2D eigenvalue weighted by molar-refractivity contribution is 5.85. The minimum absolute atomic E-state index is 0.190. The molecule has 0 unspecified atom stereocenters. The Hall–Kier alpha value is -1.24. The summed E-state index contributed by atoms with van der Waals surface area (Å²) in [7, 11) is 0. The van der Waals surface area contributed by atoms with Crippen LogP contribution in [0.25, 0.3) is 10.9 Å². The van der Waals surface area contributed by atoms with Crippen molar-refractivity contribution >= 4 is 10.9 Å². The molecule has 1 heteroatoms. The smallest absolute Gasteiger partial charge is 0.0459 e. The predicted octanol–water partition coefficient (Wildman–Crippen LogP) is 4.34. The van der Waals surface area contributed by atoms with Gasteiger partial charge in [0.05, 0.1) is 0 Å². The van der Waals surface area contributed by atoms with Crippen LogP contribution >= 0.6 is 0 Å². The first-order chi connectivity index (χ1) is 7.43. The van der Waals surface area contributed by atoms with E-state index in [2.05, 4.69) is 57.8 Å². The van der Waals surface area contributed by atoms with Gasteiger partial charge in [-0.15, -0.1) is 0 Å². The van der Waals surface area contributed by atoms with Gasteiger partial charge in [0.15, 0.2) is 0 Å². The summed E-state index contributed by atoms with van der Waals surface area (Å²) in [6.45, 7) is 11.2. The Morgan fingerprint density at radius 1 is 1.19 bits per heavy atom. The predicted molar refractivity (Wildman–Crippen MR) is 71.1 cm³/mol. The quantitative estimate of drug-likeness (QED) is 0.728. The van der Waals surface area contributed by atoms with Crippen LogP contribution < -0.4 is 0 Å². The standard InChI is InChI=1S/C15H21N/c1-6-11-7-8-13-12(9-11)10(2)14(16-13)15(3,4)5/h7-9,16H,6H2,1-5H3. The van der Waals surface area contributed by atoms with Crippen molar-refractivity contribution in [1.29, 1.82) is 0 Å². The maximum absolute atomic E-state index is 3.56. The molecule has 0 radical (unpaired) electrons. The van der Waals surface area contributed by atoms with Crippen molar-refractivity contribution in [2.75, 3.05) is 0 Å². The van der Waals surface area contributed by atoms with Crippen molar-refractivity contribution in [3.63, 3.8) is 0 Å². The lowest BCUT2D eigenvalue weighted by Gasteiger charge is -2.17. The van der Waals surface area contributed by atoms with Crippen LogP contribution in [0.2, 0.25) is 0 Å². The van der Waals surface area contributed by atoms with Gasteiger partial charge in [0.1, 0.15) is 0 Å². The fraction of sp³-hybridized carbons (Fsp3) is 0.467. The van der Waals surface area contributed by atoms with Crippen molar-refractivity contribution in [1.82, 2.24) is 4.98 Å². The molecule has 1 aromatic carbocycles. The highest BCUT2D eigenvalue weighted by Crippen LogP contribution is 2.31. The molecule has 0 spiro atoms. The second-order valence-corrected chi connectivity index (χ2v) is 5.61. The summed E-state index contributed by atoms with van der Waals surface area (Å²) in [5, 5.41) is 1.38. The molecule has 0 fully saturated rings. The second kappa shape index (κ2) is 3.65. The number of H-pyrrole nitrogens is 1. The number of hydrogen-bond donors (Lipinski definition) is 1. The third-order valence-electron chi connectivity index (χ3n) is 3.28. The van der Waals surface area contributed by atoms with Crippen LogP contribution in [-0.2, 0) is 11.8 Å². The normalized spacial score (nSPS) is 12.3. The number of aromatic nitrogens is 1. The maximum atomic E-state index is 3.56. The molecule has 1 heterocycles. The van der Waals surface area contributed by atoms with Gasteiger partial charge >= 0.3 is 0 Å². The Labute approximate surface area is 97.9 Å². The van der Waals surface area contributed by atoms with Gasteiger partial charge in [-0.05, 0) is 36.6 Å². The summed E-state index contributed by atoms with van der Waals surface area (Å²) in [5.74, 6) is 0. The zero-order valence-electron chi connectivity index (χ0n) is 10.9. The molecule has 2 rings (SSSR count). The maximum Gasteiger partial charge on any atom is 0.0459 e. The molecular formula is C15H21N. The van der Waals surface area contributed by atoms with E-state index in [1.807, 2.05) is 0 Å². The van der Waals surface area contributed by atoms with Crippen molar-refractivity contribution in [2.24, 2.45) is 0 Å². The largest absolute Gasteiger partial charge is 0.358 e. The molecule has 0 bridgehead atoms. The lowest BCUT2D eigenvalue weighted by molar-refractivity contribution is 0.570. The van der Waals surface area contributed by atoms with Crippen LogP contribution in [0, 0.1) is 6.92 Å². The number of benzene rings is 1. The summed E-state index contributed by atoms with van der Waals surface area (Å²) in [6.07, 6.45) is 1.10. The molecule has 0 atom stereocenters. The Morgan fingerprint density at radius 2 is 1.88 bits per heavy atom. The van der Waals surface area contributed by atoms with Crippen molar-refractivity contribution < 1.29 is 0 Å². The van der Waals surface area contributed by atoms with Gasteiger partial charge in [0.25, 0.3) is 0 Å². The summed E-state index contributed by atoms with van der Waals surface area (Å²) in [5.41, 5.74) is 5.62. The third kappa shape index (κ3) is 1.75. The highest BCUT2D eigenvalue weighted by Gasteiger charge is 2.19. The van der Waals surface area contributed by atoms with E-state index in [9.17, 15) is 0 Å². The van der Waals surface area contributed by atoms with E-state index in [1.54, 1.807) is 0 Å². The Kier molecular flexibility index (Phi) is 2.57. The molecule has 1 aromatic heterocycles. The van der Waals surface area contributed by atoms with Crippen LogP contribution in [0.5, 0.6) is 0 Å². The summed E-state index contributed by atoms with van der Waals surface area (Å²) < 4.78 is 0. The van der Waals surface area contributed by atoms with Crippen molar-refractivity contribution in [3.05, 3.63) is 35.0 Å². The van der Waals surface area contributed by atoms with Gasteiger partial charge in [-0.1, -0.05) is 33.8 Å². The Balaban J connectivity index is 2.69. The van der Waals surface area contributed by atoms with Crippen LogP contribution in [-0.4, -0.2) is 4.98 Å². The number of hydrogen-bond acceptors (Lipinski definition) is 0. The highest BCUT2D eigenvalue weighted by atomic mass is 14.7. The second-order valence-electron chi connectivity index (χ2n) is 5.61. The zero-order chi connectivity index (χ0) is 11.9. The molecule has 1 nitrogen and oxygen atoms in total. The first-order valence-corrected chi connectivity index (χ1v) is 6.05. The molecule has 0 aliphatic carbocycles. The van der Waals surface area contributed by atoms with Crippen LogP contribution in [0.1, 0.15) is 44.5 Å². The number of aromatic amines is 1. The minimum atomic E-state index is 0.190. The lowest BCUT2D eigenvalue weighted by atomic mass is 9.89. The van der Waals surface area contributed by atoms with E-state index in [4.69, 9.17) is 0 Å². The fourth-order valence-corrected chi connectivity index (χ4v) is 2.34. The molecule has 1 N–H and O–H groups in total. The average Bonchev–Trinajstić information content (AvgIpc) is 2.55. The Morgan fingerprint density at radius 3 is 2.44 bits per heavy atom. The van der Waals surface area contributed by atoms with E-state index in [1.165, 1.54) is 27.7 Å². The number of nitrogens with one attached hydrogen (secondary N) is 1. The molecule has 0 aliphatic rings. The van der Waals surface area contributed by atoms with E-state index in [0.717, 1.165) is 6.42 Å². The molecule has 86 valence electrons. The van der Waals surface area contributed by atoms with Gasteiger partial charge < -0.3 is 4.98 Å². The monoisotopic (exact) mass is 215 g/mol. The molecule has 2 aromatic rings. The average molecular weight is 215 g/mol. The molecule has 16 heavy (non-hydrogen) atoms. The number of aryl methyl sites for hydroxylation is 2. The topological polar surface area (TPSA) is 15.8 Å². The van der Waals surface area contributed by atoms with Gasteiger partial charge in [-0.25, -0.2) is 0 Å². The van der Waals surface area contributed by atoms with Crippen LogP contribution in [0.3, 0.4) is 0 Å². The van der Waals surface area contributed by atoms with Crippen LogP contribution in [0.4, 0.5) is 0 Å². The lowest BCUT2D eigenvalue weighted by Crippen LogP contribution is -2.12. The summed E-state index contributed by atoms with van der Waals surface area (Å²) in [4.78, 5) is 3.56. The first kappa shape index (κ1) is 11.3. The minimum Gasteiger partial charge on any atom is -0.358 e. The van der Waals surface area contributed by atoms with Crippen molar-refractivity contribution in [3.8, 4) is 0 Å². The first-order valence-electron chi connectivity index (χ1n) is 6.05. The fourth-order valence-electron chi connectivity index (χ4n) is 2.34. The summed E-state index contributed by atoms with van der Waals surface area (Å²) >= 11 is 0. The molecular weight excluding hydrogens is 194 g/mol. The third-order valence-corrected chi connectivity index (χ3v) is 3.28. The summed E-state index contributed by atoms with van der Waals surface area (Å²) in [6, 6.07) is 6.73. The SMILES string of the molecule is CCc1ccc2[nH]c(C(C)(C)C)c(C)c2c1.